The largest absolute Gasteiger partial charge is 0.369 e. The molecule has 1 aliphatic rings. The Bertz CT molecular complexity index is 790. The van der Waals surface area contributed by atoms with Gasteiger partial charge in [-0.15, -0.1) is 0 Å². The van der Waals surface area contributed by atoms with Gasteiger partial charge < -0.3 is 10.2 Å². The summed E-state index contributed by atoms with van der Waals surface area (Å²) in [7, 11) is 0. The lowest BCUT2D eigenvalue weighted by atomic mass is 9.98. The average molecular weight is 413 g/mol. The minimum Gasteiger partial charge on any atom is -0.369 e. The number of alkyl halides is 2. The van der Waals surface area contributed by atoms with Crippen molar-refractivity contribution in [3.63, 3.8) is 0 Å². The zero-order valence-electron chi connectivity index (χ0n) is 15.4. The maximum atomic E-state index is 15.2. The molecule has 1 aliphatic heterocycles. The molecule has 3 rings (SSSR count). The van der Waals surface area contributed by atoms with Gasteiger partial charge in [0.25, 0.3) is 0 Å². The highest BCUT2D eigenvalue weighted by Crippen LogP contribution is 2.38. The van der Waals surface area contributed by atoms with Gasteiger partial charge in [-0.05, 0) is 48.2 Å². The molecule has 0 bridgehead atoms. The average Bonchev–Trinajstić information content (AvgIpc) is 2.67. The van der Waals surface area contributed by atoms with E-state index in [0.29, 0.717) is 22.6 Å². The first kappa shape index (κ1) is 20.4. The van der Waals surface area contributed by atoms with Crippen molar-refractivity contribution in [3.05, 3.63) is 63.9 Å². The number of hydrogen-bond donors (Lipinski definition) is 1. The minimum atomic E-state index is -2.00. The van der Waals surface area contributed by atoms with Crippen LogP contribution in [-0.4, -0.2) is 26.2 Å². The van der Waals surface area contributed by atoms with Crippen molar-refractivity contribution in [1.29, 1.82) is 0 Å². The van der Waals surface area contributed by atoms with Gasteiger partial charge in [0.05, 0.1) is 0 Å². The van der Waals surface area contributed by atoms with Crippen LogP contribution < -0.4 is 10.2 Å². The van der Waals surface area contributed by atoms with Gasteiger partial charge in [0.1, 0.15) is 5.82 Å². The van der Waals surface area contributed by atoms with Crippen molar-refractivity contribution in [1.82, 2.24) is 5.32 Å². The number of nitrogens with one attached hydrogen (secondary N) is 1. The first-order valence-electron chi connectivity index (χ1n) is 9.31. The molecule has 2 aromatic rings. The van der Waals surface area contributed by atoms with Gasteiger partial charge in [-0.1, -0.05) is 42.3 Å². The molecule has 0 amide bonds. The Balaban J connectivity index is 1.77. The number of halogens is 4. The van der Waals surface area contributed by atoms with Gasteiger partial charge >= 0.3 is 0 Å². The number of piperazine rings is 1. The number of benzene rings is 2. The molecule has 1 N–H and O–H groups in total. The molecule has 1 unspecified atom stereocenters. The molecular weight excluding hydrogens is 389 g/mol. The predicted molar refractivity (Wildman–Crippen MR) is 109 cm³/mol. The molecule has 6 heteroatoms. The van der Waals surface area contributed by atoms with Gasteiger partial charge in [-0.2, -0.15) is 0 Å². The van der Waals surface area contributed by atoms with E-state index in [0.717, 1.165) is 43.9 Å². The third kappa shape index (κ3) is 4.92. The smallest absolute Gasteiger partial charge is 0.209 e. The summed E-state index contributed by atoms with van der Waals surface area (Å²) in [4.78, 5) is 2.32. The fourth-order valence-corrected chi connectivity index (χ4v) is 3.94. The molecule has 1 atom stereocenters. The lowest BCUT2D eigenvalue weighted by Gasteiger charge is -2.32. The summed E-state index contributed by atoms with van der Waals surface area (Å²) in [6, 6.07) is 9.76. The molecule has 0 spiro atoms. The zero-order chi connectivity index (χ0) is 19.4. The summed E-state index contributed by atoms with van der Waals surface area (Å²) < 4.78 is 28.4. The van der Waals surface area contributed by atoms with Gasteiger partial charge in [-0.25, -0.2) is 8.78 Å². The third-order valence-electron chi connectivity index (χ3n) is 5.06. The van der Waals surface area contributed by atoms with Crippen molar-refractivity contribution in [2.24, 2.45) is 0 Å². The maximum absolute atomic E-state index is 15.2. The van der Waals surface area contributed by atoms with Crippen LogP contribution in [0.5, 0.6) is 0 Å². The molecule has 146 valence electrons. The number of hydrogen-bond acceptors (Lipinski definition) is 2. The van der Waals surface area contributed by atoms with Crippen LogP contribution in [0.1, 0.15) is 30.0 Å². The second kappa shape index (κ2) is 8.76. The van der Waals surface area contributed by atoms with Crippen LogP contribution >= 0.6 is 23.2 Å². The SMILES string of the molecule is CCc1cc(C(F)(Cl)CCc2ccc(F)cc2Cl)ccc1N1CCNCC1. The predicted octanol–water partition coefficient (Wildman–Crippen LogP) is 5.45. The van der Waals surface area contributed by atoms with Gasteiger partial charge in [0.2, 0.25) is 5.13 Å². The molecule has 27 heavy (non-hydrogen) atoms. The van der Waals surface area contributed by atoms with Gasteiger partial charge in [0.15, 0.2) is 0 Å². The monoisotopic (exact) mass is 412 g/mol. The van der Waals surface area contributed by atoms with E-state index in [2.05, 4.69) is 17.1 Å². The summed E-state index contributed by atoms with van der Waals surface area (Å²) in [6.45, 7) is 5.85. The number of aryl methyl sites for hydroxylation is 2. The van der Waals surface area contributed by atoms with E-state index in [-0.39, 0.29) is 6.42 Å². The first-order chi connectivity index (χ1) is 12.9. The summed E-state index contributed by atoms with van der Waals surface area (Å²) in [6.07, 6.45) is 1.21. The molecular formula is C21H24Cl2F2N2. The van der Waals surface area contributed by atoms with Crippen LogP contribution in [0.3, 0.4) is 0 Å². The topological polar surface area (TPSA) is 15.3 Å². The van der Waals surface area contributed by atoms with Crippen molar-refractivity contribution < 1.29 is 8.78 Å². The molecule has 2 nitrogen and oxygen atoms in total. The summed E-state index contributed by atoms with van der Waals surface area (Å²) in [5, 5.41) is 1.64. The Hall–Kier alpha value is -1.36. The van der Waals surface area contributed by atoms with E-state index in [1.165, 1.54) is 12.1 Å². The second-order valence-corrected chi connectivity index (χ2v) is 7.88. The molecule has 0 aromatic heterocycles. The van der Waals surface area contributed by atoms with E-state index in [9.17, 15) is 4.39 Å². The standard InChI is InChI=1S/C21H24Cl2F2N2/c1-2-15-13-17(4-6-20(15)27-11-9-26-10-12-27)21(23,25)8-7-16-3-5-18(24)14-19(16)22/h3-6,13-14,26H,2,7-12H2,1H3. The van der Waals surface area contributed by atoms with E-state index < -0.39 is 10.9 Å². The Morgan fingerprint density at radius 2 is 1.85 bits per heavy atom. The molecule has 0 radical (unpaired) electrons. The van der Waals surface area contributed by atoms with Gasteiger partial charge in [0, 0.05) is 48.9 Å². The van der Waals surface area contributed by atoms with E-state index in [1.807, 2.05) is 12.1 Å². The fraction of sp³-hybridized carbons (Fsp3) is 0.429. The molecule has 1 saturated heterocycles. The maximum Gasteiger partial charge on any atom is 0.209 e. The molecule has 2 aromatic carbocycles. The lowest BCUT2D eigenvalue weighted by Crippen LogP contribution is -2.43. The summed E-state index contributed by atoms with van der Waals surface area (Å²) >= 11 is 12.3. The molecule has 0 aliphatic carbocycles. The van der Waals surface area contributed by atoms with Crippen molar-refractivity contribution in [2.75, 3.05) is 31.1 Å². The highest BCUT2D eigenvalue weighted by molar-refractivity contribution is 6.31. The molecule has 1 fully saturated rings. The Kier molecular flexibility index (Phi) is 6.61. The van der Waals surface area contributed by atoms with Crippen LogP contribution in [0.15, 0.2) is 36.4 Å². The van der Waals surface area contributed by atoms with Crippen LogP contribution in [0.4, 0.5) is 14.5 Å². The van der Waals surface area contributed by atoms with Gasteiger partial charge in [-0.3, -0.25) is 0 Å². The lowest BCUT2D eigenvalue weighted by molar-refractivity contribution is 0.265. The molecule has 0 saturated carbocycles. The van der Waals surface area contributed by atoms with Crippen molar-refractivity contribution in [3.8, 4) is 0 Å². The van der Waals surface area contributed by atoms with Crippen LogP contribution in [-0.2, 0) is 18.0 Å². The van der Waals surface area contributed by atoms with Crippen LogP contribution in [0.2, 0.25) is 5.02 Å². The first-order valence-corrected chi connectivity index (χ1v) is 10.1. The van der Waals surface area contributed by atoms with Crippen molar-refractivity contribution in [2.45, 2.75) is 31.3 Å². The highest BCUT2D eigenvalue weighted by atomic mass is 35.5. The summed E-state index contributed by atoms with van der Waals surface area (Å²) in [5.74, 6) is -0.405. The Morgan fingerprint density at radius 3 is 2.52 bits per heavy atom. The normalized spacial score (nSPS) is 17.0. The van der Waals surface area contributed by atoms with E-state index in [4.69, 9.17) is 23.2 Å². The number of rotatable bonds is 6. The van der Waals surface area contributed by atoms with E-state index >= 15 is 4.39 Å². The van der Waals surface area contributed by atoms with E-state index in [1.54, 1.807) is 12.1 Å². The minimum absolute atomic E-state index is 0.0655. The quantitative estimate of drug-likeness (QED) is 0.634. The number of anilines is 1. The second-order valence-electron chi connectivity index (χ2n) is 6.87. The zero-order valence-corrected chi connectivity index (χ0v) is 16.9. The van der Waals surface area contributed by atoms with Crippen LogP contribution in [0, 0.1) is 5.82 Å². The highest BCUT2D eigenvalue weighted by Gasteiger charge is 2.30. The summed E-state index contributed by atoms with van der Waals surface area (Å²) in [5.41, 5.74) is 3.39. The Morgan fingerprint density at radius 1 is 1.11 bits per heavy atom. The van der Waals surface area contributed by atoms with Crippen molar-refractivity contribution >= 4 is 28.9 Å². The third-order valence-corrected chi connectivity index (χ3v) is 5.82. The van der Waals surface area contributed by atoms with Crippen LogP contribution in [0.25, 0.3) is 0 Å². The Labute approximate surface area is 169 Å². The fourth-order valence-electron chi connectivity index (χ4n) is 3.47. The molecule has 1 heterocycles. The number of nitrogens with zero attached hydrogens (tertiary/aromatic N) is 1.